The van der Waals surface area contributed by atoms with Gasteiger partial charge in [0, 0.05) is 43.0 Å². The number of ether oxygens (including phenoxy) is 3. The third-order valence-corrected chi connectivity index (χ3v) is 18.9. The molecular formula is C57H41NO3. The van der Waals surface area contributed by atoms with Gasteiger partial charge in [-0.2, -0.15) is 0 Å². The summed E-state index contributed by atoms with van der Waals surface area (Å²) in [6.45, 7) is 8.04. The number of rotatable bonds is 11. The van der Waals surface area contributed by atoms with Crippen LogP contribution in [0.3, 0.4) is 0 Å². The number of nitrogens with zero attached hydrogens (tertiary/aromatic N) is 1. The lowest BCUT2D eigenvalue weighted by atomic mass is 9.60. The maximum absolute atomic E-state index is 6.45. The van der Waals surface area contributed by atoms with E-state index in [1.165, 1.54) is 23.4 Å². The largest absolute Gasteiger partial charge is 0.379 e. The molecule has 0 saturated carbocycles. The van der Waals surface area contributed by atoms with Crippen LogP contribution >= 0.6 is 0 Å². The molecule has 0 aromatic heterocycles. The molecule has 1 aliphatic heterocycles. The molecule has 1 heterocycles. The average Bonchev–Trinajstić information content (AvgIpc) is 4.11. The van der Waals surface area contributed by atoms with Crippen LogP contribution in [-0.4, -0.2) is 57.6 Å². The molecule has 4 atom stereocenters. The van der Waals surface area contributed by atoms with E-state index in [0.717, 1.165) is 52.0 Å². The van der Waals surface area contributed by atoms with Crippen LogP contribution < -0.4 is 15.7 Å². The summed E-state index contributed by atoms with van der Waals surface area (Å²) in [5.74, 6) is 0.940. The minimum absolute atomic E-state index is 0.0299. The van der Waals surface area contributed by atoms with E-state index in [4.69, 9.17) is 14.2 Å². The summed E-state index contributed by atoms with van der Waals surface area (Å²) in [5.41, 5.74) is 16.5. The Hall–Kier alpha value is -5.10. The molecule has 19 rings (SSSR count). The Morgan fingerprint density at radius 2 is 1.36 bits per heavy atom. The number of fused-ring (bicyclic) bond motifs is 2. The van der Waals surface area contributed by atoms with Gasteiger partial charge in [0.15, 0.2) is 0 Å². The van der Waals surface area contributed by atoms with Crippen molar-refractivity contribution in [1.29, 1.82) is 0 Å². The Balaban J connectivity index is 0.951. The first-order chi connectivity index (χ1) is 30.2. The van der Waals surface area contributed by atoms with E-state index in [1.807, 2.05) is 6.92 Å². The summed E-state index contributed by atoms with van der Waals surface area (Å²) in [6.07, 6.45) is 9.69. The SMILES string of the molecule is CCOCCOCCOCCN1CC2C3=c4c5c6c7c(cc8cc9c%10c%11c%12c%13c(cc%14c%15c(c4c4c5c5c7c8c%10c5c%12c4c%15%13)=C(C3)C%14)=CC%11C9)CC62C1c1ccc2c(c1)CC2. The predicted octanol–water partition coefficient (Wildman–Crippen LogP) is 8.76. The van der Waals surface area contributed by atoms with Crippen LogP contribution in [0.5, 0.6) is 0 Å². The van der Waals surface area contributed by atoms with E-state index in [-0.39, 0.29) is 5.41 Å². The Morgan fingerprint density at radius 3 is 2.21 bits per heavy atom. The van der Waals surface area contributed by atoms with Gasteiger partial charge in [0.1, 0.15) is 0 Å². The molecule has 0 N–H and O–H groups in total. The lowest BCUT2D eigenvalue weighted by Crippen LogP contribution is -2.44. The second-order valence-electron chi connectivity index (χ2n) is 20.9. The third-order valence-electron chi connectivity index (χ3n) is 18.9. The Bertz CT molecular complexity index is 4140. The molecule has 1 saturated heterocycles. The topological polar surface area (TPSA) is 30.9 Å². The zero-order chi connectivity index (χ0) is 38.7. The summed E-state index contributed by atoms with van der Waals surface area (Å²) in [4.78, 5) is 2.92. The molecule has 61 heavy (non-hydrogen) atoms. The molecule has 4 nitrogen and oxygen atoms in total. The monoisotopic (exact) mass is 787 g/mol. The Kier molecular flexibility index (Phi) is 4.78. The standard InChI is InChI=1S/C57H41NO3/c1-2-59-9-10-61-12-11-60-8-7-58-22-34-33-20-31-18-28-16-29-15-26-14-27-17-30-19-32-21-57(34,56(58)25-6-4-23-3-5-24(23)13-25)55-41(32)46-40(30)45-36(27)35(26)43-39(29)44-37(28)38(31)47-42(33)54(55)53-51(46)49(45)48(43)50(44)52(47)53/h4,6,13,15-17,19,26,34,56H,2-3,5,7-12,14,18,20-22H2,1H3. The van der Waals surface area contributed by atoms with Gasteiger partial charge in [-0.15, -0.1) is 0 Å². The minimum atomic E-state index is -0.0299. The molecule has 1 spiro atoms. The van der Waals surface area contributed by atoms with Gasteiger partial charge in [-0.3, -0.25) is 4.90 Å². The average molecular weight is 788 g/mol. The summed E-state index contributed by atoms with van der Waals surface area (Å²) < 4.78 is 17.8. The van der Waals surface area contributed by atoms with Gasteiger partial charge in [-0.05, 0) is 203 Å². The minimum Gasteiger partial charge on any atom is -0.379 e. The van der Waals surface area contributed by atoms with Gasteiger partial charge in [0.05, 0.1) is 33.0 Å². The molecule has 7 aliphatic carbocycles. The molecule has 4 unspecified atom stereocenters. The van der Waals surface area contributed by atoms with Crippen LogP contribution in [0.2, 0.25) is 0 Å². The first kappa shape index (κ1) is 30.9. The van der Waals surface area contributed by atoms with Gasteiger partial charge in [0.25, 0.3) is 0 Å². The van der Waals surface area contributed by atoms with Gasteiger partial charge in [-0.25, -0.2) is 0 Å². The van der Waals surface area contributed by atoms with Crippen LogP contribution in [0.1, 0.15) is 69.8 Å². The van der Waals surface area contributed by atoms with Crippen molar-refractivity contribution in [2.75, 3.05) is 52.7 Å². The highest BCUT2D eigenvalue weighted by molar-refractivity contribution is 6.60. The molecule has 4 heteroatoms. The normalized spacial score (nSPS) is 24.9. The van der Waals surface area contributed by atoms with Crippen molar-refractivity contribution in [3.8, 4) is 0 Å². The van der Waals surface area contributed by atoms with Crippen LogP contribution in [0, 0.1) is 5.92 Å². The molecule has 0 bridgehead atoms. The maximum Gasteiger partial charge on any atom is 0.0701 e. The Labute approximate surface area is 350 Å². The fraction of sp³-hybridized carbons (Fsp3) is 0.333. The molecule has 1 fully saturated rings. The van der Waals surface area contributed by atoms with Crippen molar-refractivity contribution < 1.29 is 14.2 Å². The van der Waals surface area contributed by atoms with E-state index in [1.54, 1.807) is 158 Å². The smallest absolute Gasteiger partial charge is 0.0701 e. The fourth-order valence-electron chi connectivity index (χ4n) is 17.4. The first-order valence-electron chi connectivity index (χ1n) is 23.6. The Morgan fingerprint density at radius 1 is 0.607 bits per heavy atom. The van der Waals surface area contributed by atoms with Gasteiger partial charge < -0.3 is 14.2 Å². The number of benzene rings is 8. The lowest BCUT2D eigenvalue weighted by Gasteiger charge is -2.43. The highest BCUT2D eigenvalue weighted by atomic mass is 16.5. The van der Waals surface area contributed by atoms with Crippen LogP contribution in [0.15, 0.2) is 36.4 Å². The van der Waals surface area contributed by atoms with Gasteiger partial charge in [0.2, 0.25) is 0 Å². The zero-order valence-corrected chi connectivity index (χ0v) is 34.3. The van der Waals surface area contributed by atoms with Crippen LogP contribution in [0.4, 0.5) is 0 Å². The number of aryl methyl sites for hydroxylation is 2. The molecule has 8 aliphatic rings. The fourth-order valence-corrected chi connectivity index (χ4v) is 17.4. The number of hydrogen-bond acceptors (Lipinski definition) is 4. The molecule has 292 valence electrons. The summed E-state index contributed by atoms with van der Waals surface area (Å²) in [5, 5.41) is 34.4. The summed E-state index contributed by atoms with van der Waals surface area (Å²) in [7, 11) is 0. The number of likely N-dealkylation sites (tertiary alicyclic amines) is 1. The zero-order valence-electron chi connectivity index (χ0n) is 34.3. The molecule has 0 amide bonds. The first-order valence-corrected chi connectivity index (χ1v) is 23.6. The second-order valence-corrected chi connectivity index (χ2v) is 20.9. The van der Waals surface area contributed by atoms with E-state index >= 15 is 0 Å². The van der Waals surface area contributed by atoms with E-state index in [0.29, 0.717) is 44.3 Å². The highest BCUT2D eigenvalue weighted by Gasteiger charge is 2.62. The van der Waals surface area contributed by atoms with Gasteiger partial charge >= 0.3 is 0 Å². The quantitative estimate of drug-likeness (QED) is 0.0970. The van der Waals surface area contributed by atoms with E-state index in [9.17, 15) is 0 Å². The van der Waals surface area contributed by atoms with E-state index in [2.05, 4.69) is 47.4 Å². The van der Waals surface area contributed by atoms with E-state index < -0.39 is 0 Å². The molecule has 11 aromatic rings. The third kappa shape index (κ3) is 2.88. The number of hydrogen-bond donors (Lipinski definition) is 0. The maximum atomic E-state index is 6.45. The predicted molar refractivity (Wildman–Crippen MR) is 247 cm³/mol. The summed E-state index contributed by atoms with van der Waals surface area (Å²) >= 11 is 0. The van der Waals surface area contributed by atoms with Crippen LogP contribution in [0.25, 0.3) is 114 Å². The molecular weight excluding hydrogens is 747 g/mol. The van der Waals surface area contributed by atoms with Crippen molar-refractivity contribution in [2.45, 2.75) is 62.8 Å². The van der Waals surface area contributed by atoms with Gasteiger partial charge in [-0.1, -0.05) is 53.6 Å². The summed E-state index contributed by atoms with van der Waals surface area (Å²) in [6, 6.07) is 16.1. The second kappa shape index (κ2) is 9.45. The lowest BCUT2D eigenvalue weighted by molar-refractivity contribution is 0.0112. The molecule has 0 radical (unpaired) electrons. The molecule has 11 aromatic carbocycles. The van der Waals surface area contributed by atoms with Crippen LogP contribution in [-0.2, 0) is 51.7 Å². The van der Waals surface area contributed by atoms with Crippen molar-refractivity contribution in [3.63, 3.8) is 0 Å². The van der Waals surface area contributed by atoms with Crippen molar-refractivity contribution in [3.05, 3.63) is 96.6 Å². The van der Waals surface area contributed by atoms with Crippen molar-refractivity contribution in [1.82, 2.24) is 4.90 Å². The van der Waals surface area contributed by atoms with Crippen molar-refractivity contribution >= 4 is 114 Å². The highest BCUT2D eigenvalue weighted by Crippen LogP contribution is 2.70. The van der Waals surface area contributed by atoms with Crippen molar-refractivity contribution in [2.24, 2.45) is 5.92 Å².